The number of ether oxygens (including phenoxy) is 1. The largest absolute Gasteiger partial charge is 0.480 e. The van der Waals surface area contributed by atoms with Crippen LogP contribution in [0.3, 0.4) is 0 Å². The predicted molar refractivity (Wildman–Crippen MR) is 51.5 cm³/mol. The number of carbonyl (C=O) groups excluding carboxylic acids is 1. The number of aliphatic carboxylic acids is 1. The van der Waals surface area contributed by atoms with Gasteiger partial charge in [0.2, 0.25) is 0 Å². The minimum absolute atomic E-state index is 0.0208. The number of hydrogen-bond acceptors (Lipinski definition) is 4. The summed E-state index contributed by atoms with van der Waals surface area (Å²) in [7, 11) is 1.49. The van der Waals surface area contributed by atoms with Crippen LogP contribution in [0.1, 0.15) is 6.42 Å². The average Bonchev–Trinajstić information content (AvgIpc) is 2.17. The number of aliphatic hydroxyl groups is 1. The summed E-state index contributed by atoms with van der Waals surface area (Å²) in [5.74, 6) is -1.18. The van der Waals surface area contributed by atoms with Gasteiger partial charge in [-0.15, -0.1) is 0 Å². The van der Waals surface area contributed by atoms with E-state index in [0.717, 1.165) is 0 Å². The van der Waals surface area contributed by atoms with Crippen LogP contribution in [0.25, 0.3) is 0 Å². The summed E-state index contributed by atoms with van der Waals surface area (Å²) >= 11 is 0. The van der Waals surface area contributed by atoms with Gasteiger partial charge in [-0.3, -0.25) is 0 Å². The molecule has 0 saturated carbocycles. The number of rotatable bonds is 7. The van der Waals surface area contributed by atoms with E-state index in [1.54, 1.807) is 0 Å². The SMILES string of the molecule is COCCNC(=O)N[C@H](CCO)C(=O)O. The Morgan fingerprint density at radius 3 is 2.60 bits per heavy atom. The zero-order chi connectivity index (χ0) is 11.7. The van der Waals surface area contributed by atoms with Crippen molar-refractivity contribution in [3.63, 3.8) is 0 Å². The van der Waals surface area contributed by atoms with Crippen LogP contribution in [0.2, 0.25) is 0 Å². The van der Waals surface area contributed by atoms with Crippen molar-refractivity contribution >= 4 is 12.0 Å². The fraction of sp³-hybridized carbons (Fsp3) is 0.750. The van der Waals surface area contributed by atoms with Crippen LogP contribution < -0.4 is 10.6 Å². The second-order valence-corrected chi connectivity index (χ2v) is 2.80. The van der Waals surface area contributed by atoms with Gasteiger partial charge in [0.1, 0.15) is 6.04 Å². The minimum Gasteiger partial charge on any atom is -0.480 e. The zero-order valence-electron chi connectivity index (χ0n) is 8.52. The topological polar surface area (TPSA) is 108 Å². The number of urea groups is 1. The molecule has 0 rings (SSSR count). The van der Waals surface area contributed by atoms with Crippen LogP contribution >= 0.6 is 0 Å². The molecule has 0 aromatic carbocycles. The van der Waals surface area contributed by atoms with Gasteiger partial charge in [-0.05, 0) is 0 Å². The number of nitrogens with one attached hydrogen (secondary N) is 2. The number of carbonyl (C=O) groups is 2. The lowest BCUT2D eigenvalue weighted by Crippen LogP contribution is -2.47. The van der Waals surface area contributed by atoms with E-state index < -0.39 is 18.0 Å². The maximum Gasteiger partial charge on any atom is 0.326 e. The third kappa shape index (κ3) is 6.69. The zero-order valence-corrected chi connectivity index (χ0v) is 8.52. The molecule has 0 fully saturated rings. The Labute approximate surface area is 87.4 Å². The lowest BCUT2D eigenvalue weighted by Gasteiger charge is -2.13. The molecule has 0 aromatic heterocycles. The monoisotopic (exact) mass is 220 g/mol. The maximum atomic E-state index is 11.1. The van der Waals surface area contributed by atoms with Crippen LogP contribution in [0.4, 0.5) is 4.79 Å². The molecule has 2 amide bonds. The van der Waals surface area contributed by atoms with E-state index >= 15 is 0 Å². The summed E-state index contributed by atoms with van der Waals surface area (Å²) in [5, 5.41) is 21.8. The molecule has 1 atom stereocenters. The molecule has 0 aromatic rings. The van der Waals surface area contributed by atoms with Gasteiger partial charge in [0.05, 0.1) is 6.61 Å². The second-order valence-electron chi connectivity index (χ2n) is 2.80. The summed E-state index contributed by atoms with van der Waals surface area (Å²) in [5.41, 5.74) is 0. The molecule has 0 aliphatic carbocycles. The van der Waals surface area contributed by atoms with Crippen LogP contribution in [0.15, 0.2) is 0 Å². The van der Waals surface area contributed by atoms with Crippen molar-refractivity contribution in [2.24, 2.45) is 0 Å². The van der Waals surface area contributed by atoms with Crippen molar-refractivity contribution in [2.45, 2.75) is 12.5 Å². The van der Waals surface area contributed by atoms with Crippen LogP contribution in [0, 0.1) is 0 Å². The third-order valence-electron chi connectivity index (χ3n) is 1.61. The number of carboxylic acid groups (broad SMARTS) is 1. The molecule has 0 spiro atoms. The fourth-order valence-corrected chi connectivity index (χ4v) is 0.862. The Morgan fingerprint density at radius 1 is 1.47 bits per heavy atom. The summed E-state index contributed by atoms with van der Waals surface area (Å²) in [4.78, 5) is 21.7. The Bertz CT molecular complexity index is 209. The quantitative estimate of drug-likeness (QED) is 0.402. The van der Waals surface area contributed by atoms with Gasteiger partial charge >= 0.3 is 12.0 Å². The first kappa shape index (κ1) is 13.7. The Kier molecular flexibility index (Phi) is 7.29. The van der Waals surface area contributed by atoms with E-state index in [4.69, 9.17) is 14.9 Å². The fourth-order valence-electron chi connectivity index (χ4n) is 0.862. The molecule has 0 bridgehead atoms. The van der Waals surface area contributed by atoms with Gasteiger partial charge in [0, 0.05) is 26.7 Å². The van der Waals surface area contributed by atoms with E-state index in [0.29, 0.717) is 13.2 Å². The van der Waals surface area contributed by atoms with E-state index in [1.165, 1.54) is 7.11 Å². The van der Waals surface area contributed by atoms with Gasteiger partial charge in [0.25, 0.3) is 0 Å². The molecule has 7 heteroatoms. The van der Waals surface area contributed by atoms with Gasteiger partial charge in [-0.25, -0.2) is 9.59 Å². The molecular formula is C8H16N2O5. The number of amides is 2. The predicted octanol–water partition coefficient (Wildman–Crippen LogP) is -1.23. The van der Waals surface area contributed by atoms with Crippen molar-refractivity contribution in [2.75, 3.05) is 26.9 Å². The van der Waals surface area contributed by atoms with Crippen molar-refractivity contribution < 1.29 is 24.5 Å². The van der Waals surface area contributed by atoms with Crippen LogP contribution in [-0.2, 0) is 9.53 Å². The molecule has 15 heavy (non-hydrogen) atoms. The average molecular weight is 220 g/mol. The molecule has 0 heterocycles. The second kappa shape index (κ2) is 8.01. The highest BCUT2D eigenvalue weighted by Gasteiger charge is 2.18. The smallest absolute Gasteiger partial charge is 0.326 e. The molecule has 88 valence electrons. The number of hydrogen-bond donors (Lipinski definition) is 4. The number of aliphatic hydroxyl groups excluding tert-OH is 1. The molecular weight excluding hydrogens is 204 g/mol. The highest BCUT2D eigenvalue weighted by molar-refractivity contribution is 5.82. The Hall–Kier alpha value is -1.34. The lowest BCUT2D eigenvalue weighted by molar-refractivity contribution is -0.139. The van der Waals surface area contributed by atoms with Gasteiger partial charge in [-0.1, -0.05) is 0 Å². The standard InChI is InChI=1S/C8H16N2O5/c1-15-5-3-9-8(14)10-6(2-4-11)7(12)13/h6,11H,2-5H2,1H3,(H,12,13)(H2,9,10,14)/t6-/m1/s1. The molecule has 4 N–H and O–H groups in total. The van der Waals surface area contributed by atoms with E-state index in [2.05, 4.69) is 10.6 Å². The van der Waals surface area contributed by atoms with E-state index in [-0.39, 0.29) is 13.0 Å². The Morgan fingerprint density at radius 2 is 2.13 bits per heavy atom. The minimum atomic E-state index is -1.18. The van der Waals surface area contributed by atoms with Crippen molar-refractivity contribution in [1.82, 2.24) is 10.6 Å². The number of carboxylic acids is 1. The molecule has 7 nitrogen and oxygen atoms in total. The number of methoxy groups -OCH3 is 1. The van der Waals surface area contributed by atoms with Crippen LogP contribution in [0.5, 0.6) is 0 Å². The van der Waals surface area contributed by atoms with Gasteiger partial charge in [0.15, 0.2) is 0 Å². The highest BCUT2D eigenvalue weighted by atomic mass is 16.5. The van der Waals surface area contributed by atoms with Gasteiger partial charge < -0.3 is 25.6 Å². The summed E-state index contributed by atoms with van der Waals surface area (Å²) in [6.07, 6.45) is -0.0208. The summed E-state index contributed by atoms with van der Waals surface area (Å²) in [6, 6.07) is -1.66. The van der Waals surface area contributed by atoms with E-state index in [9.17, 15) is 9.59 Å². The first-order valence-electron chi connectivity index (χ1n) is 4.48. The Balaban J connectivity index is 3.84. The normalized spacial score (nSPS) is 11.9. The van der Waals surface area contributed by atoms with Crippen LogP contribution in [-0.4, -0.2) is 55.1 Å². The van der Waals surface area contributed by atoms with Crippen molar-refractivity contribution in [3.05, 3.63) is 0 Å². The molecule has 0 aliphatic rings. The first-order chi connectivity index (χ1) is 7.11. The highest BCUT2D eigenvalue weighted by Crippen LogP contribution is 1.90. The molecule has 0 saturated heterocycles. The summed E-state index contributed by atoms with van der Waals surface area (Å²) < 4.78 is 4.69. The maximum absolute atomic E-state index is 11.1. The molecule has 0 radical (unpaired) electrons. The van der Waals surface area contributed by atoms with Crippen molar-refractivity contribution in [1.29, 1.82) is 0 Å². The van der Waals surface area contributed by atoms with Gasteiger partial charge in [-0.2, -0.15) is 0 Å². The first-order valence-corrected chi connectivity index (χ1v) is 4.48. The molecule has 0 aliphatic heterocycles. The molecule has 0 unspecified atom stereocenters. The van der Waals surface area contributed by atoms with E-state index in [1.807, 2.05) is 0 Å². The summed E-state index contributed by atoms with van der Waals surface area (Å²) in [6.45, 7) is 0.355. The van der Waals surface area contributed by atoms with Crippen molar-refractivity contribution in [3.8, 4) is 0 Å². The third-order valence-corrected chi connectivity index (χ3v) is 1.61. The lowest BCUT2D eigenvalue weighted by atomic mass is 10.2.